The fraction of sp³-hybridized carbons (Fsp3) is 1.00. The van der Waals surface area contributed by atoms with E-state index in [1.54, 1.807) is 0 Å². The molecule has 0 spiro atoms. The van der Waals surface area contributed by atoms with Crippen LogP contribution in [-0.2, 0) is 0 Å². The van der Waals surface area contributed by atoms with Crippen molar-refractivity contribution in [3.63, 3.8) is 0 Å². The van der Waals surface area contributed by atoms with E-state index < -0.39 is 0 Å². The molecule has 1 heterocycles. The maximum atomic E-state index is 9.50. The molecule has 1 aliphatic heterocycles. The standard InChI is InChI=1S/C16H32N2O/c1-3-16(2,13-19)17-14-9-11-18(12-10-14)15-7-5-4-6-8-15/h14-15,17,19H,3-13H2,1-2H3. The molecule has 0 bridgehead atoms. The number of likely N-dealkylation sites (tertiary alicyclic amines) is 1. The number of aliphatic hydroxyl groups is 1. The van der Waals surface area contributed by atoms with Crippen LogP contribution < -0.4 is 5.32 Å². The molecule has 112 valence electrons. The summed E-state index contributed by atoms with van der Waals surface area (Å²) in [6, 6.07) is 1.46. The Morgan fingerprint density at radius 2 is 1.74 bits per heavy atom. The zero-order valence-corrected chi connectivity index (χ0v) is 12.8. The van der Waals surface area contributed by atoms with E-state index in [1.165, 1.54) is 58.0 Å². The fourth-order valence-electron chi connectivity index (χ4n) is 3.61. The molecular weight excluding hydrogens is 236 g/mol. The predicted molar refractivity (Wildman–Crippen MR) is 80.4 cm³/mol. The minimum absolute atomic E-state index is 0.0856. The molecule has 3 heteroatoms. The van der Waals surface area contributed by atoms with Crippen LogP contribution in [0.2, 0.25) is 0 Å². The Hall–Kier alpha value is -0.120. The Morgan fingerprint density at radius 3 is 2.26 bits per heavy atom. The highest BCUT2D eigenvalue weighted by atomic mass is 16.3. The average molecular weight is 268 g/mol. The maximum Gasteiger partial charge on any atom is 0.0610 e. The van der Waals surface area contributed by atoms with Crippen molar-refractivity contribution in [1.29, 1.82) is 0 Å². The van der Waals surface area contributed by atoms with Gasteiger partial charge in [-0.05, 0) is 52.1 Å². The predicted octanol–water partition coefficient (Wildman–Crippen LogP) is 2.53. The van der Waals surface area contributed by atoms with E-state index in [1.807, 2.05) is 0 Å². The van der Waals surface area contributed by atoms with Gasteiger partial charge in [-0.15, -0.1) is 0 Å². The number of nitrogens with one attached hydrogen (secondary N) is 1. The first kappa shape index (κ1) is 15.3. The van der Waals surface area contributed by atoms with Gasteiger partial charge in [0.2, 0.25) is 0 Å². The van der Waals surface area contributed by atoms with Crippen LogP contribution in [0.5, 0.6) is 0 Å². The van der Waals surface area contributed by atoms with Crippen molar-refractivity contribution in [1.82, 2.24) is 10.2 Å². The number of piperidine rings is 1. The van der Waals surface area contributed by atoms with Crippen LogP contribution in [0.1, 0.15) is 65.2 Å². The Labute approximate surface area is 118 Å². The van der Waals surface area contributed by atoms with E-state index >= 15 is 0 Å². The lowest BCUT2D eigenvalue weighted by molar-refractivity contribution is 0.0926. The first-order valence-corrected chi connectivity index (χ1v) is 8.29. The third-order valence-corrected chi connectivity index (χ3v) is 5.30. The summed E-state index contributed by atoms with van der Waals surface area (Å²) < 4.78 is 0. The third kappa shape index (κ3) is 4.17. The molecule has 1 saturated heterocycles. The van der Waals surface area contributed by atoms with Crippen LogP contribution in [-0.4, -0.2) is 47.3 Å². The average Bonchev–Trinajstić information content (AvgIpc) is 2.49. The molecule has 0 radical (unpaired) electrons. The summed E-state index contributed by atoms with van der Waals surface area (Å²) in [4.78, 5) is 2.72. The van der Waals surface area contributed by atoms with Crippen molar-refractivity contribution >= 4 is 0 Å². The van der Waals surface area contributed by atoms with Crippen molar-refractivity contribution in [2.24, 2.45) is 0 Å². The molecule has 2 fully saturated rings. The van der Waals surface area contributed by atoms with Crippen LogP contribution in [0.25, 0.3) is 0 Å². The van der Waals surface area contributed by atoms with Crippen molar-refractivity contribution in [3.8, 4) is 0 Å². The Bertz CT molecular complexity index is 251. The summed E-state index contributed by atoms with van der Waals surface area (Å²) in [5.74, 6) is 0. The summed E-state index contributed by atoms with van der Waals surface area (Å²) in [7, 11) is 0. The molecule has 0 amide bonds. The second-order valence-corrected chi connectivity index (χ2v) is 6.82. The lowest BCUT2D eigenvalue weighted by atomic mass is 9.91. The summed E-state index contributed by atoms with van der Waals surface area (Å²) in [6.45, 7) is 7.02. The first-order valence-electron chi connectivity index (χ1n) is 8.29. The van der Waals surface area contributed by atoms with Crippen LogP contribution >= 0.6 is 0 Å². The van der Waals surface area contributed by atoms with Gasteiger partial charge in [0.25, 0.3) is 0 Å². The molecule has 1 unspecified atom stereocenters. The highest BCUT2D eigenvalue weighted by Crippen LogP contribution is 2.26. The number of aliphatic hydroxyl groups excluding tert-OH is 1. The second kappa shape index (κ2) is 7.05. The second-order valence-electron chi connectivity index (χ2n) is 6.82. The Balaban J connectivity index is 1.75. The van der Waals surface area contributed by atoms with Gasteiger partial charge in [-0.3, -0.25) is 0 Å². The zero-order valence-electron chi connectivity index (χ0n) is 12.8. The van der Waals surface area contributed by atoms with Crippen LogP contribution in [0, 0.1) is 0 Å². The van der Waals surface area contributed by atoms with E-state index in [9.17, 15) is 5.11 Å². The number of hydrogen-bond acceptors (Lipinski definition) is 3. The summed E-state index contributed by atoms with van der Waals surface area (Å²) >= 11 is 0. The van der Waals surface area contributed by atoms with Gasteiger partial charge in [-0.25, -0.2) is 0 Å². The molecule has 3 nitrogen and oxygen atoms in total. The highest BCUT2D eigenvalue weighted by Gasteiger charge is 2.30. The van der Waals surface area contributed by atoms with Crippen molar-refractivity contribution in [2.75, 3.05) is 19.7 Å². The largest absolute Gasteiger partial charge is 0.394 e. The molecule has 1 saturated carbocycles. The van der Waals surface area contributed by atoms with Gasteiger partial charge in [0, 0.05) is 17.6 Å². The van der Waals surface area contributed by atoms with E-state index in [0.29, 0.717) is 6.04 Å². The maximum absolute atomic E-state index is 9.50. The van der Waals surface area contributed by atoms with E-state index in [2.05, 4.69) is 24.1 Å². The van der Waals surface area contributed by atoms with Crippen LogP contribution in [0.4, 0.5) is 0 Å². The van der Waals surface area contributed by atoms with Crippen LogP contribution in [0.15, 0.2) is 0 Å². The van der Waals surface area contributed by atoms with Crippen molar-refractivity contribution < 1.29 is 5.11 Å². The molecule has 0 aromatic heterocycles. The Kier molecular flexibility index (Phi) is 5.67. The number of hydrogen-bond donors (Lipinski definition) is 2. The molecule has 1 aliphatic carbocycles. The van der Waals surface area contributed by atoms with Gasteiger partial charge in [0.05, 0.1) is 6.61 Å². The molecule has 19 heavy (non-hydrogen) atoms. The van der Waals surface area contributed by atoms with E-state index in [-0.39, 0.29) is 12.1 Å². The monoisotopic (exact) mass is 268 g/mol. The number of nitrogens with zero attached hydrogens (tertiary/aromatic N) is 1. The molecule has 2 aliphatic rings. The van der Waals surface area contributed by atoms with Gasteiger partial charge < -0.3 is 15.3 Å². The van der Waals surface area contributed by atoms with Crippen LogP contribution in [0.3, 0.4) is 0 Å². The van der Waals surface area contributed by atoms with E-state index in [4.69, 9.17) is 0 Å². The van der Waals surface area contributed by atoms with Crippen molar-refractivity contribution in [2.45, 2.75) is 82.8 Å². The molecule has 2 N–H and O–H groups in total. The molecule has 0 aromatic carbocycles. The number of rotatable bonds is 5. The molecule has 0 aromatic rings. The van der Waals surface area contributed by atoms with Gasteiger partial charge in [0.15, 0.2) is 0 Å². The topological polar surface area (TPSA) is 35.5 Å². The highest BCUT2D eigenvalue weighted by molar-refractivity contribution is 4.89. The normalized spacial score (nSPS) is 27.3. The molecule has 1 atom stereocenters. The van der Waals surface area contributed by atoms with Gasteiger partial charge in [-0.1, -0.05) is 26.2 Å². The van der Waals surface area contributed by atoms with Gasteiger partial charge >= 0.3 is 0 Å². The SMILES string of the molecule is CCC(C)(CO)NC1CCN(C2CCCCC2)CC1. The minimum Gasteiger partial charge on any atom is -0.394 e. The third-order valence-electron chi connectivity index (χ3n) is 5.30. The minimum atomic E-state index is -0.0856. The fourth-order valence-corrected chi connectivity index (χ4v) is 3.61. The van der Waals surface area contributed by atoms with Gasteiger partial charge in [0.1, 0.15) is 0 Å². The lowest BCUT2D eigenvalue weighted by Crippen LogP contribution is -2.54. The summed E-state index contributed by atoms with van der Waals surface area (Å²) in [5, 5.41) is 13.2. The summed E-state index contributed by atoms with van der Waals surface area (Å²) in [5.41, 5.74) is -0.0856. The zero-order chi connectivity index (χ0) is 13.7. The molecular formula is C16H32N2O. The quantitative estimate of drug-likeness (QED) is 0.804. The lowest BCUT2D eigenvalue weighted by Gasteiger charge is -2.42. The van der Waals surface area contributed by atoms with E-state index in [0.717, 1.165) is 12.5 Å². The van der Waals surface area contributed by atoms with Crippen molar-refractivity contribution in [3.05, 3.63) is 0 Å². The summed E-state index contributed by atoms with van der Waals surface area (Å²) in [6.07, 6.45) is 10.6. The first-order chi connectivity index (χ1) is 9.17. The molecule has 2 rings (SSSR count). The Morgan fingerprint density at radius 1 is 1.11 bits per heavy atom. The smallest absolute Gasteiger partial charge is 0.0610 e. The van der Waals surface area contributed by atoms with Gasteiger partial charge in [-0.2, -0.15) is 0 Å².